The topological polar surface area (TPSA) is 24.9 Å². The van der Waals surface area contributed by atoms with Crippen LogP contribution in [0.2, 0.25) is 0 Å². The first-order chi connectivity index (χ1) is 8.17. The molecule has 0 aliphatic carbocycles. The van der Waals surface area contributed by atoms with E-state index in [1.54, 1.807) is 6.20 Å². The molecular formula is C13H20F2N2. The van der Waals surface area contributed by atoms with Crippen LogP contribution < -0.4 is 5.32 Å². The molecule has 0 saturated carbocycles. The molecule has 0 saturated heterocycles. The largest absolute Gasteiger partial charge is 0.309 e. The van der Waals surface area contributed by atoms with Crippen molar-refractivity contribution in [2.24, 2.45) is 0 Å². The molecule has 96 valence electrons. The van der Waals surface area contributed by atoms with E-state index in [-0.39, 0.29) is 6.42 Å². The zero-order chi connectivity index (χ0) is 12.7. The van der Waals surface area contributed by atoms with Gasteiger partial charge in [0.05, 0.1) is 6.04 Å². The highest BCUT2D eigenvalue weighted by Gasteiger charge is 2.20. The lowest BCUT2D eigenvalue weighted by molar-refractivity contribution is 0.0978. The Labute approximate surface area is 101 Å². The highest BCUT2D eigenvalue weighted by molar-refractivity contribution is 5.14. The predicted molar refractivity (Wildman–Crippen MR) is 65.4 cm³/mol. The minimum atomic E-state index is -2.35. The Morgan fingerprint density at radius 1 is 1.29 bits per heavy atom. The molecule has 2 nitrogen and oxygen atoms in total. The van der Waals surface area contributed by atoms with Gasteiger partial charge in [0.25, 0.3) is 6.43 Å². The van der Waals surface area contributed by atoms with Gasteiger partial charge in [-0.1, -0.05) is 19.9 Å². The van der Waals surface area contributed by atoms with Crippen LogP contribution in [0.25, 0.3) is 0 Å². The summed E-state index contributed by atoms with van der Waals surface area (Å²) < 4.78 is 25.5. The molecule has 4 heteroatoms. The Morgan fingerprint density at radius 3 is 2.53 bits per heavy atom. The molecule has 1 atom stereocenters. The zero-order valence-electron chi connectivity index (χ0n) is 10.4. The minimum absolute atomic E-state index is 0.279. The number of aryl methyl sites for hydroxylation is 1. The van der Waals surface area contributed by atoms with E-state index in [9.17, 15) is 8.78 Å². The molecule has 17 heavy (non-hydrogen) atoms. The first-order valence-electron chi connectivity index (χ1n) is 6.12. The van der Waals surface area contributed by atoms with Crippen molar-refractivity contribution in [1.29, 1.82) is 0 Å². The van der Waals surface area contributed by atoms with Crippen LogP contribution in [0.5, 0.6) is 0 Å². The average Bonchev–Trinajstić information content (AvgIpc) is 2.35. The van der Waals surface area contributed by atoms with E-state index in [0.29, 0.717) is 6.54 Å². The van der Waals surface area contributed by atoms with Gasteiger partial charge in [0, 0.05) is 18.3 Å². The third kappa shape index (κ3) is 4.77. The van der Waals surface area contributed by atoms with Gasteiger partial charge in [-0.3, -0.25) is 4.98 Å². The van der Waals surface area contributed by atoms with Crippen molar-refractivity contribution in [2.45, 2.75) is 45.6 Å². The number of aromatic nitrogens is 1. The van der Waals surface area contributed by atoms with Crippen molar-refractivity contribution in [3.8, 4) is 0 Å². The standard InChI is InChI=1S/C13H20F2N2/c1-3-7-16-12(13(14)15)8-11-6-5-10(4-2)9-17-11/h5-6,9,12-13,16H,3-4,7-8H2,1-2H3. The number of nitrogens with zero attached hydrogens (tertiary/aromatic N) is 1. The van der Waals surface area contributed by atoms with Gasteiger partial charge in [-0.25, -0.2) is 8.78 Å². The molecule has 0 aliphatic heterocycles. The second kappa shape index (κ2) is 7.33. The summed E-state index contributed by atoms with van der Waals surface area (Å²) in [5, 5.41) is 2.86. The van der Waals surface area contributed by atoms with E-state index < -0.39 is 12.5 Å². The smallest absolute Gasteiger partial charge is 0.254 e. The number of hydrogen-bond donors (Lipinski definition) is 1. The van der Waals surface area contributed by atoms with Crippen LogP contribution in [0, 0.1) is 0 Å². The number of hydrogen-bond acceptors (Lipinski definition) is 2. The minimum Gasteiger partial charge on any atom is -0.309 e. The second-order valence-electron chi connectivity index (χ2n) is 4.11. The van der Waals surface area contributed by atoms with Crippen LogP contribution in [0.4, 0.5) is 8.78 Å². The quantitative estimate of drug-likeness (QED) is 0.795. The van der Waals surface area contributed by atoms with E-state index in [1.165, 1.54) is 0 Å². The Hall–Kier alpha value is -1.03. The molecule has 0 aromatic carbocycles. The van der Waals surface area contributed by atoms with Crippen molar-refractivity contribution in [3.05, 3.63) is 29.6 Å². The third-order valence-electron chi connectivity index (χ3n) is 2.68. The fraction of sp³-hybridized carbons (Fsp3) is 0.615. The van der Waals surface area contributed by atoms with E-state index in [4.69, 9.17) is 0 Å². The molecule has 0 radical (unpaired) electrons. The first kappa shape index (κ1) is 14.0. The maximum absolute atomic E-state index is 12.8. The Kier molecular flexibility index (Phi) is 6.05. The highest BCUT2D eigenvalue weighted by atomic mass is 19.3. The normalized spacial score (nSPS) is 13.0. The zero-order valence-corrected chi connectivity index (χ0v) is 10.4. The molecule has 1 unspecified atom stereocenters. The monoisotopic (exact) mass is 242 g/mol. The molecular weight excluding hydrogens is 222 g/mol. The lowest BCUT2D eigenvalue weighted by atomic mass is 10.1. The van der Waals surface area contributed by atoms with Crippen LogP contribution in [0.3, 0.4) is 0 Å². The molecule has 1 rings (SSSR count). The number of rotatable bonds is 7. The molecule has 0 fully saturated rings. The van der Waals surface area contributed by atoms with Crippen molar-refractivity contribution in [2.75, 3.05) is 6.54 Å². The summed E-state index contributed by atoms with van der Waals surface area (Å²) in [5.41, 5.74) is 1.85. The fourth-order valence-corrected chi connectivity index (χ4v) is 1.59. The Balaban J connectivity index is 2.58. The molecule has 0 aliphatic rings. The number of pyridine rings is 1. The summed E-state index contributed by atoms with van der Waals surface area (Å²) >= 11 is 0. The van der Waals surface area contributed by atoms with Crippen LogP contribution in [0.1, 0.15) is 31.5 Å². The Morgan fingerprint density at radius 2 is 2.06 bits per heavy atom. The summed E-state index contributed by atoms with van der Waals surface area (Å²) in [5.74, 6) is 0. The van der Waals surface area contributed by atoms with Crippen molar-refractivity contribution in [1.82, 2.24) is 10.3 Å². The van der Waals surface area contributed by atoms with E-state index in [0.717, 1.165) is 24.1 Å². The SMILES string of the molecule is CCCNC(Cc1ccc(CC)cn1)C(F)F. The number of alkyl halides is 2. The third-order valence-corrected chi connectivity index (χ3v) is 2.68. The molecule has 1 aromatic heterocycles. The molecule has 0 amide bonds. The molecule has 0 bridgehead atoms. The van der Waals surface area contributed by atoms with E-state index in [2.05, 4.69) is 10.3 Å². The van der Waals surface area contributed by atoms with Gasteiger partial charge in [-0.2, -0.15) is 0 Å². The summed E-state index contributed by atoms with van der Waals surface area (Å²) in [7, 11) is 0. The number of nitrogens with one attached hydrogen (secondary N) is 1. The van der Waals surface area contributed by atoms with Gasteiger partial charge in [-0.05, 0) is 31.0 Å². The van der Waals surface area contributed by atoms with Gasteiger partial charge >= 0.3 is 0 Å². The van der Waals surface area contributed by atoms with E-state index in [1.807, 2.05) is 26.0 Å². The van der Waals surface area contributed by atoms with Gasteiger partial charge in [0.2, 0.25) is 0 Å². The average molecular weight is 242 g/mol. The van der Waals surface area contributed by atoms with Gasteiger partial charge in [-0.15, -0.1) is 0 Å². The lowest BCUT2D eigenvalue weighted by Crippen LogP contribution is -2.38. The molecule has 1 heterocycles. The Bertz CT molecular complexity index is 312. The fourth-order valence-electron chi connectivity index (χ4n) is 1.59. The van der Waals surface area contributed by atoms with E-state index >= 15 is 0 Å². The second-order valence-corrected chi connectivity index (χ2v) is 4.11. The predicted octanol–water partition coefficient (Wildman–Crippen LogP) is 2.82. The maximum Gasteiger partial charge on any atom is 0.254 e. The summed E-state index contributed by atoms with van der Waals surface area (Å²) in [6.45, 7) is 4.62. The summed E-state index contributed by atoms with van der Waals surface area (Å²) in [6.07, 6.45) is 1.46. The highest BCUT2D eigenvalue weighted by Crippen LogP contribution is 2.09. The van der Waals surface area contributed by atoms with Crippen LogP contribution in [-0.4, -0.2) is 24.0 Å². The van der Waals surface area contributed by atoms with Crippen molar-refractivity contribution < 1.29 is 8.78 Å². The summed E-state index contributed by atoms with van der Waals surface area (Å²) in [6, 6.07) is 2.99. The van der Waals surface area contributed by atoms with Crippen LogP contribution in [0.15, 0.2) is 18.3 Å². The van der Waals surface area contributed by atoms with Crippen LogP contribution in [-0.2, 0) is 12.8 Å². The maximum atomic E-state index is 12.8. The van der Waals surface area contributed by atoms with Crippen molar-refractivity contribution in [3.63, 3.8) is 0 Å². The van der Waals surface area contributed by atoms with Crippen molar-refractivity contribution >= 4 is 0 Å². The van der Waals surface area contributed by atoms with Gasteiger partial charge in [0.15, 0.2) is 0 Å². The molecule has 0 spiro atoms. The first-order valence-corrected chi connectivity index (χ1v) is 6.12. The van der Waals surface area contributed by atoms with Crippen LogP contribution >= 0.6 is 0 Å². The summed E-state index contributed by atoms with van der Waals surface area (Å²) in [4.78, 5) is 4.21. The van der Waals surface area contributed by atoms with Gasteiger partial charge < -0.3 is 5.32 Å². The van der Waals surface area contributed by atoms with Gasteiger partial charge in [0.1, 0.15) is 0 Å². The molecule has 1 N–H and O–H groups in total. The molecule has 1 aromatic rings. The number of halogens is 2. The lowest BCUT2D eigenvalue weighted by Gasteiger charge is -2.17.